The molecule has 1 N–H and O–H groups in total. The lowest BCUT2D eigenvalue weighted by Crippen LogP contribution is -2.39. The maximum atomic E-state index is 12.2. The monoisotopic (exact) mass is 401 g/mol. The first-order chi connectivity index (χ1) is 14.6. The van der Waals surface area contributed by atoms with Gasteiger partial charge in [0.2, 0.25) is 5.91 Å². The fourth-order valence-electron chi connectivity index (χ4n) is 3.88. The first-order valence-corrected chi connectivity index (χ1v) is 10.5. The van der Waals surface area contributed by atoms with Crippen LogP contribution in [0.5, 0.6) is 0 Å². The van der Waals surface area contributed by atoms with E-state index < -0.39 is 0 Å². The van der Waals surface area contributed by atoms with E-state index in [0.29, 0.717) is 13.0 Å². The predicted molar refractivity (Wildman–Crippen MR) is 119 cm³/mol. The average Bonchev–Trinajstić information content (AvgIpc) is 2.79. The van der Waals surface area contributed by atoms with E-state index in [2.05, 4.69) is 29.4 Å². The van der Waals surface area contributed by atoms with Crippen LogP contribution in [0.4, 0.5) is 11.5 Å². The standard InChI is InChI=1S/C24H27N5O/c1-3-23(30)29-12-6-9-19(16-29)24-27-21(18-8-5-11-25-15-18)14-22(28-24)26-20-10-4-7-17(2)13-20/h4-5,7-8,10-11,13-15,19H,3,6,9,12,16H2,1-2H3,(H,26,27,28). The molecular weight excluding hydrogens is 374 g/mol. The topological polar surface area (TPSA) is 71.0 Å². The molecular formula is C24H27N5O. The summed E-state index contributed by atoms with van der Waals surface area (Å²) >= 11 is 0. The molecule has 154 valence electrons. The SMILES string of the molecule is CCC(=O)N1CCCC(c2nc(Nc3cccc(C)c3)cc(-c3cccnc3)n2)C1. The van der Waals surface area contributed by atoms with Crippen molar-refractivity contribution >= 4 is 17.4 Å². The van der Waals surface area contributed by atoms with Crippen LogP contribution in [-0.4, -0.2) is 38.8 Å². The molecule has 1 amide bonds. The largest absolute Gasteiger partial charge is 0.342 e. The molecule has 1 saturated heterocycles. The van der Waals surface area contributed by atoms with Gasteiger partial charge in [-0.3, -0.25) is 9.78 Å². The fraction of sp³-hybridized carbons (Fsp3) is 0.333. The van der Waals surface area contributed by atoms with Crippen LogP contribution < -0.4 is 5.32 Å². The molecule has 0 radical (unpaired) electrons. The molecule has 0 bridgehead atoms. The van der Waals surface area contributed by atoms with Crippen molar-refractivity contribution in [1.29, 1.82) is 0 Å². The van der Waals surface area contributed by atoms with Crippen molar-refractivity contribution in [2.45, 2.75) is 39.0 Å². The van der Waals surface area contributed by atoms with Crippen molar-refractivity contribution in [2.24, 2.45) is 0 Å². The van der Waals surface area contributed by atoms with Crippen LogP contribution >= 0.6 is 0 Å². The summed E-state index contributed by atoms with van der Waals surface area (Å²) in [6, 6.07) is 14.1. The van der Waals surface area contributed by atoms with E-state index in [9.17, 15) is 4.79 Å². The molecule has 1 aliphatic heterocycles. The summed E-state index contributed by atoms with van der Waals surface area (Å²) in [5.41, 5.74) is 3.96. The Morgan fingerprint density at radius 3 is 2.87 bits per heavy atom. The maximum absolute atomic E-state index is 12.2. The number of piperidine rings is 1. The number of carbonyl (C=O) groups excluding carboxylic acids is 1. The van der Waals surface area contributed by atoms with Gasteiger partial charge in [0.15, 0.2) is 0 Å². The van der Waals surface area contributed by atoms with Gasteiger partial charge in [0.25, 0.3) is 0 Å². The molecule has 3 aromatic rings. The number of nitrogens with zero attached hydrogens (tertiary/aromatic N) is 4. The van der Waals surface area contributed by atoms with Crippen LogP contribution in [0.2, 0.25) is 0 Å². The summed E-state index contributed by atoms with van der Waals surface area (Å²) in [5.74, 6) is 1.86. The van der Waals surface area contributed by atoms with E-state index >= 15 is 0 Å². The lowest BCUT2D eigenvalue weighted by molar-refractivity contribution is -0.132. The van der Waals surface area contributed by atoms with Gasteiger partial charge < -0.3 is 10.2 Å². The second-order valence-electron chi connectivity index (χ2n) is 7.77. The van der Waals surface area contributed by atoms with Gasteiger partial charge in [-0.15, -0.1) is 0 Å². The first kappa shape index (κ1) is 20.0. The van der Waals surface area contributed by atoms with Crippen molar-refractivity contribution in [3.8, 4) is 11.3 Å². The Labute approximate surface area is 177 Å². The molecule has 30 heavy (non-hydrogen) atoms. The number of carbonyl (C=O) groups is 1. The molecule has 0 aliphatic carbocycles. The van der Waals surface area contributed by atoms with Gasteiger partial charge in [0.1, 0.15) is 11.6 Å². The normalized spacial score (nSPS) is 16.3. The number of anilines is 2. The van der Waals surface area contributed by atoms with Gasteiger partial charge in [-0.05, 0) is 49.6 Å². The molecule has 2 aromatic heterocycles. The lowest BCUT2D eigenvalue weighted by atomic mass is 9.96. The van der Waals surface area contributed by atoms with Gasteiger partial charge >= 0.3 is 0 Å². The zero-order valence-electron chi connectivity index (χ0n) is 17.5. The minimum atomic E-state index is 0.129. The van der Waals surface area contributed by atoms with E-state index in [1.807, 2.05) is 48.4 Å². The Kier molecular flexibility index (Phi) is 6.02. The predicted octanol–water partition coefficient (Wildman–Crippen LogP) is 4.71. The highest BCUT2D eigenvalue weighted by Crippen LogP contribution is 2.29. The summed E-state index contributed by atoms with van der Waals surface area (Å²) in [7, 11) is 0. The van der Waals surface area contributed by atoms with E-state index in [1.165, 1.54) is 5.56 Å². The number of aromatic nitrogens is 3. The molecule has 0 saturated carbocycles. The Morgan fingerprint density at radius 2 is 2.10 bits per heavy atom. The van der Waals surface area contributed by atoms with Crippen LogP contribution in [-0.2, 0) is 4.79 Å². The van der Waals surface area contributed by atoms with E-state index in [4.69, 9.17) is 9.97 Å². The second-order valence-corrected chi connectivity index (χ2v) is 7.77. The molecule has 3 heterocycles. The number of likely N-dealkylation sites (tertiary alicyclic amines) is 1. The molecule has 1 unspecified atom stereocenters. The molecule has 6 heteroatoms. The maximum Gasteiger partial charge on any atom is 0.222 e. The van der Waals surface area contributed by atoms with E-state index in [0.717, 1.165) is 48.0 Å². The summed E-state index contributed by atoms with van der Waals surface area (Å²) in [4.78, 5) is 28.1. The summed E-state index contributed by atoms with van der Waals surface area (Å²) in [6.07, 6.45) is 6.05. The van der Waals surface area contributed by atoms with Crippen molar-refractivity contribution in [3.63, 3.8) is 0 Å². The summed E-state index contributed by atoms with van der Waals surface area (Å²) in [5, 5.41) is 3.43. The van der Waals surface area contributed by atoms with Crippen LogP contribution in [0, 0.1) is 6.92 Å². The van der Waals surface area contributed by atoms with Crippen LogP contribution in [0.15, 0.2) is 54.9 Å². The molecule has 4 rings (SSSR count). The Hall–Kier alpha value is -3.28. The minimum Gasteiger partial charge on any atom is -0.342 e. The Balaban J connectivity index is 1.69. The number of nitrogens with one attached hydrogen (secondary N) is 1. The lowest BCUT2D eigenvalue weighted by Gasteiger charge is -2.32. The highest BCUT2D eigenvalue weighted by Gasteiger charge is 2.26. The molecule has 1 atom stereocenters. The summed E-state index contributed by atoms with van der Waals surface area (Å²) < 4.78 is 0. The van der Waals surface area contributed by atoms with Crippen molar-refractivity contribution in [2.75, 3.05) is 18.4 Å². The van der Waals surface area contributed by atoms with Gasteiger partial charge in [0, 0.05) is 55.1 Å². The number of hydrogen-bond acceptors (Lipinski definition) is 5. The van der Waals surface area contributed by atoms with Crippen LogP contribution in [0.25, 0.3) is 11.3 Å². The molecule has 1 fully saturated rings. The Morgan fingerprint density at radius 1 is 1.20 bits per heavy atom. The fourth-order valence-corrected chi connectivity index (χ4v) is 3.88. The van der Waals surface area contributed by atoms with Crippen LogP contribution in [0.1, 0.15) is 43.5 Å². The second kappa shape index (κ2) is 9.03. The zero-order valence-corrected chi connectivity index (χ0v) is 17.5. The summed E-state index contributed by atoms with van der Waals surface area (Å²) in [6.45, 7) is 5.47. The number of hydrogen-bond donors (Lipinski definition) is 1. The number of aryl methyl sites for hydroxylation is 1. The number of benzene rings is 1. The number of amides is 1. The highest BCUT2D eigenvalue weighted by molar-refractivity contribution is 5.76. The smallest absolute Gasteiger partial charge is 0.222 e. The van der Waals surface area contributed by atoms with Crippen molar-refractivity contribution in [3.05, 3.63) is 66.2 Å². The average molecular weight is 402 g/mol. The minimum absolute atomic E-state index is 0.129. The molecule has 6 nitrogen and oxygen atoms in total. The van der Waals surface area contributed by atoms with Gasteiger partial charge in [-0.25, -0.2) is 9.97 Å². The van der Waals surface area contributed by atoms with Gasteiger partial charge in [-0.1, -0.05) is 19.1 Å². The molecule has 1 aromatic carbocycles. The third-order valence-corrected chi connectivity index (χ3v) is 5.43. The third kappa shape index (κ3) is 4.64. The van der Waals surface area contributed by atoms with Gasteiger partial charge in [-0.2, -0.15) is 0 Å². The Bertz CT molecular complexity index is 1020. The number of pyridine rings is 1. The zero-order chi connectivity index (χ0) is 20.9. The van der Waals surface area contributed by atoms with Gasteiger partial charge in [0.05, 0.1) is 5.69 Å². The van der Waals surface area contributed by atoms with Crippen molar-refractivity contribution in [1.82, 2.24) is 19.9 Å². The first-order valence-electron chi connectivity index (χ1n) is 10.5. The van der Waals surface area contributed by atoms with Crippen molar-refractivity contribution < 1.29 is 4.79 Å². The molecule has 0 spiro atoms. The highest BCUT2D eigenvalue weighted by atomic mass is 16.2. The van der Waals surface area contributed by atoms with E-state index in [-0.39, 0.29) is 11.8 Å². The van der Waals surface area contributed by atoms with Crippen LogP contribution in [0.3, 0.4) is 0 Å². The van der Waals surface area contributed by atoms with E-state index in [1.54, 1.807) is 6.20 Å². The molecule has 1 aliphatic rings. The number of rotatable bonds is 5. The third-order valence-electron chi connectivity index (χ3n) is 5.43. The quantitative estimate of drug-likeness (QED) is 0.671.